The van der Waals surface area contributed by atoms with Crippen molar-refractivity contribution in [2.75, 3.05) is 11.1 Å². The molecular formula is C28H22F3N5OS. The first-order valence-corrected chi connectivity index (χ1v) is 12.6. The van der Waals surface area contributed by atoms with Gasteiger partial charge in [0.2, 0.25) is 0 Å². The van der Waals surface area contributed by atoms with Crippen molar-refractivity contribution in [3.05, 3.63) is 107 Å². The molecule has 5 aromatic rings. The molecule has 3 N–H and O–H groups in total. The van der Waals surface area contributed by atoms with Gasteiger partial charge in [0.25, 0.3) is 5.91 Å². The van der Waals surface area contributed by atoms with Gasteiger partial charge in [-0.25, -0.2) is 0 Å². The zero-order valence-electron chi connectivity index (χ0n) is 19.9. The Bertz CT molecular complexity index is 1580. The lowest BCUT2D eigenvalue weighted by Crippen LogP contribution is -2.13. The highest BCUT2D eigenvalue weighted by atomic mass is 32.1. The van der Waals surface area contributed by atoms with Gasteiger partial charge in [-0.1, -0.05) is 47.7 Å². The first-order chi connectivity index (χ1) is 18.3. The van der Waals surface area contributed by atoms with Crippen molar-refractivity contribution < 1.29 is 18.0 Å². The number of nitrogens with one attached hydrogen (secondary N) is 1. The highest BCUT2D eigenvalue weighted by molar-refractivity contribution is 7.13. The van der Waals surface area contributed by atoms with Gasteiger partial charge in [-0.3, -0.25) is 9.48 Å². The van der Waals surface area contributed by atoms with E-state index in [0.717, 1.165) is 16.5 Å². The molecule has 6 nitrogen and oxygen atoms in total. The lowest BCUT2D eigenvalue weighted by molar-refractivity contribution is -0.138. The quantitative estimate of drug-likeness (QED) is 0.226. The Hall–Kier alpha value is -4.44. The molecule has 0 spiro atoms. The smallest absolute Gasteiger partial charge is 0.397 e. The number of thiophene rings is 1. The maximum absolute atomic E-state index is 13.3. The molecule has 0 atom stereocenters. The number of hydrogen-bond donors (Lipinski definition) is 2. The van der Waals surface area contributed by atoms with E-state index in [2.05, 4.69) is 15.6 Å². The van der Waals surface area contributed by atoms with Crippen LogP contribution in [0.5, 0.6) is 0 Å². The normalized spacial score (nSPS) is 11.4. The number of nitrogen functional groups attached to an aromatic ring is 1. The molecule has 1 amide bonds. The zero-order valence-corrected chi connectivity index (χ0v) is 20.8. The van der Waals surface area contributed by atoms with E-state index < -0.39 is 11.7 Å². The van der Waals surface area contributed by atoms with Gasteiger partial charge in [0.15, 0.2) is 0 Å². The van der Waals surface area contributed by atoms with Crippen molar-refractivity contribution in [1.82, 2.24) is 15.0 Å². The van der Waals surface area contributed by atoms with Crippen molar-refractivity contribution in [1.29, 1.82) is 0 Å². The second kappa shape index (κ2) is 10.5. The molecule has 2 heterocycles. The lowest BCUT2D eigenvalue weighted by atomic mass is 10.0. The van der Waals surface area contributed by atoms with Gasteiger partial charge in [-0.15, -0.1) is 16.4 Å². The number of benzene rings is 3. The van der Waals surface area contributed by atoms with Crippen LogP contribution < -0.4 is 11.1 Å². The Kier molecular flexibility index (Phi) is 6.97. The van der Waals surface area contributed by atoms with Gasteiger partial charge in [0.1, 0.15) is 5.69 Å². The first-order valence-electron chi connectivity index (χ1n) is 11.7. The highest BCUT2D eigenvalue weighted by Crippen LogP contribution is 2.33. The van der Waals surface area contributed by atoms with Crippen LogP contribution in [0.4, 0.5) is 24.5 Å². The monoisotopic (exact) mass is 533 g/mol. The summed E-state index contributed by atoms with van der Waals surface area (Å²) in [5.41, 5.74) is 9.11. The van der Waals surface area contributed by atoms with Gasteiger partial charge < -0.3 is 11.1 Å². The predicted molar refractivity (Wildman–Crippen MR) is 143 cm³/mol. The van der Waals surface area contributed by atoms with Crippen LogP contribution in [-0.2, 0) is 19.1 Å². The third-order valence-electron chi connectivity index (χ3n) is 6.00. The van der Waals surface area contributed by atoms with E-state index in [9.17, 15) is 18.0 Å². The maximum atomic E-state index is 13.3. The van der Waals surface area contributed by atoms with Crippen molar-refractivity contribution in [3.63, 3.8) is 0 Å². The van der Waals surface area contributed by atoms with E-state index in [4.69, 9.17) is 5.73 Å². The molecule has 0 bridgehead atoms. The van der Waals surface area contributed by atoms with Gasteiger partial charge in [-0.2, -0.15) is 13.2 Å². The molecule has 3 aromatic carbocycles. The number of alkyl halides is 3. The summed E-state index contributed by atoms with van der Waals surface area (Å²) in [6, 6.07) is 21.8. The van der Waals surface area contributed by atoms with Crippen LogP contribution in [0.2, 0.25) is 0 Å². The first kappa shape index (κ1) is 25.2. The second-order valence-electron chi connectivity index (χ2n) is 8.59. The van der Waals surface area contributed by atoms with Crippen LogP contribution in [-0.4, -0.2) is 20.9 Å². The number of nitrogens with zero attached hydrogens (tertiary/aromatic N) is 3. The fourth-order valence-electron chi connectivity index (χ4n) is 4.06. The molecule has 0 aliphatic rings. The summed E-state index contributed by atoms with van der Waals surface area (Å²) in [4.78, 5) is 14.1. The number of rotatable bonds is 7. The number of nitrogens with two attached hydrogens (primary N) is 1. The van der Waals surface area contributed by atoms with Gasteiger partial charge in [-0.05, 0) is 59.3 Å². The molecule has 5 rings (SSSR count). The lowest BCUT2D eigenvalue weighted by Gasteiger charge is -2.12. The van der Waals surface area contributed by atoms with Gasteiger partial charge in [0, 0.05) is 22.5 Å². The Balaban J connectivity index is 1.30. The van der Waals surface area contributed by atoms with Crippen LogP contribution >= 0.6 is 11.3 Å². The number of aryl methyl sites for hydroxylation is 2. The van der Waals surface area contributed by atoms with Crippen LogP contribution in [0, 0.1) is 0 Å². The number of carbonyl (C=O) groups is 1. The average Bonchev–Trinajstić information content (AvgIpc) is 3.61. The van der Waals surface area contributed by atoms with E-state index in [0.29, 0.717) is 28.2 Å². The van der Waals surface area contributed by atoms with E-state index in [-0.39, 0.29) is 24.4 Å². The SMILES string of the molecule is Nc1ccc(-c2cccs2)cc1NC(=O)c1cccc(-c2cn(CCc3ccccc3C(F)(F)F)nn2)c1. The summed E-state index contributed by atoms with van der Waals surface area (Å²) in [6.45, 7) is 0.222. The molecule has 10 heteroatoms. The topological polar surface area (TPSA) is 85.8 Å². The fourth-order valence-corrected chi connectivity index (χ4v) is 4.79. The van der Waals surface area contributed by atoms with Crippen LogP contribution in [0.1, 0.15) is 21.5 Å². The summed E-state index contributed by atoms with van der Waals surface area (Å²) in [5.74, 6) is -0.335. The molecule has 0 saturated carbocycles. The molecule has 0 radical (unpaired) electrons. The van der Waals surface area contributed by atoms with Crippen molar-refractivity contribution >= 4 is 28.6 Å². The summed E-state index contributed by atoms with van der Waals surface area (Å²) in [5, 5.41) is 13.1. The number of halogens is 3. The van der Waals surface area contributed by atoms with Gasteiger partial charge >= 0.3 is 6.18 Å². The summed E-state index contributed by atoms with van der Waals surface area (Å²) in [7, 11) is 0. The van der Waals surface area contributed by atoms with E-state index >= 15 is 0 Å². The number of aromatic nitrogens is 3. The summed E-state index contributed by atoms with van der Waals surface area (Å²) >= 11 is 1.59. The second-order valence-corrected chi connectivity index (χ2v) is 9.53. The Labute approximate surface area is 220 Å². The number of anilines is 2. The van der Waals surface area contributed by atoms with Crippen molar-refractivity contribution in [2.24, 2.45) is 0 Å². The highest BCUT2D eigenvalue weighted by Gasteiger charge is 2.32. The third-order valence-corrected chi connectivity index (χ3v) is 6.92. The minimum atomic E-state index is -4.42. The summed E-state index contributed by atoms with van der Waals surface area (Å²) < 4.78 is 41.3. The Morgan fingerprint density at radius 1 is 0.974 bits per heavy atom. The van der Waals surface area contributed by atoms with Crippen molar-refractivity contribution in [2.45, 2.75) is 19.1 Å². The molecule has 0 aliphatic heterocycles. The molecular weight excluding hydrogens is 511 g/mol. The minimum absolute atomic E-state index is 0.146. The molecule has 0 unspecified atom stereocenters. The maximum Gasteiger partial charge on any atom is 0.416 e. The van der Waals surface area contributed by atoms with Crippen LogP contribution in [0.25, 0.3) is 21.7 Å². The van der Waals surface area contributed by atoms with Gasteiger partial charge in [0.05, 0.1) is 23.1 Å². The van der Waals surface area contributed by atoms with E-state index in [1.165, 1.54) is 16.8 Å². The molecule has 0 fully saturated rings. The van der Waals surface area contributed by atoms with E-state index in [1.807, 2.05) is 29.6 Å². The molecule has 2 aromatic heterocycles. The largest absolute Gasteiger partial charge is 0.416 e. The zero-order chi connectivity index (χ0) is 26.7. The molecule has 38 heavy (non-hydrogen) atoms. The average molecular weight is 534 g/mol. The molecule has 0 saturated heterocycles. The minimum Gasteiger partial charge on any atom is -0.397 e. The van der Waals surface area contributed by atoms with Crippen molar-refractivity contribution in [3.8, 4) is 21.7 Å². The number of amides is 1. The summed E-state index contributed by atoms with van der Waals surface area (Å²) in [6.07, 6.45) is -2.62. The van der Waals surface area contributed by atoms with Crippen LogP contribution in [0.15, 0.2) is 90.4 Å². The predicted octanol–water partition coefficient (Wildman–Crippen LogP) is 6.77. The fraction of sp³-hybridized carbons (Fsp3) is 0.107. The van der Waals surface area contributed by atoms with E-state index in [1.54, 1.807) is 53.9 Å². The molecule has 0 aliphatic carbocycles. The number of hydrogen-bond acceptors (Lipinski definition) is 5. The van der Waals surface area contributed by atoms with Crippen LogP contribution in [0.3, 0.4) is 0 Å². The molecule has 192 valence electrons. The third kappa shape index (κ3) is 5.60. The number of carbonyl (C=O) groups excluding carboxylic acids is 1. The standard InChI is InChI=1S/C28H22F3N5OS/c29-28(30,31)22-8-2-1-5-18(22)12-13-36-17-25(34-35-36)19-6-3-7-21(15-19)27(37)33-24-16-20(10-11-23(24)32)26-9-4-14-38-26/h1-11,14-17H,12-13,32H2,(H,33,37). The Morgan fingerprint density at radius 2 is 1.82 bits per heavy atom. The Morgan fingerprint density at radius 3 is 2.61 bits per heavy atom.